The van der Waals surface area contributed by atoms with E-state index in [1.54, 1.807) is 36.4 Å². The highest BCUT2D eigenvalue weighted by atomic mass is 19.1. The SMILES string of the molecule is O=C(Cc1ccccc1F)NCCNc1ccccc1[N+](=O)[O-]. The summed E-state index contributed by atoms with van der Waals surface area (Å²) in [7, 11) is 0. The van der Waals surface area contributed by atoms with Gasteiger partial charge >= 0.3 is 0 Å². The summed E-state index contributed by atoms with van der Waals surface area (Å²) in [4.78, 5) is 22.1. The summed E-state index contributed by atoms with van der Waals surface area (Å²) in [5.74, 6) is -0.722. The van der Waals surface area contributed by atoms with Crippen LogP contribution in [0.25, 0.3) is 0 Å². The fraction of sp³-hybridized carbons (Fsp3) is 0.188. The average Bonchev–Trinajstić information content (AvgIpc) is 2.54. The first-order chi connectivity index (χ1) is 11.1. The molecule has 2 N–H and O–H groups in total. The predicted molar refractivity (Wildman–Crippen MR) is 84.7 cm³/mol. The number of carbonyl (C=O) groups is 1. The normalized spacial score (nSPS) is 10.1. The fourth-order valence-electron chi connectivity index (χ4n) is 2.06. The predicted octanol–water partition coefficient (Wildman–Crippen LogP) is 2.50. The molecule has 0 aliphatic carbocycles. The minimum atomic E-state index is -0.473. The number of nitro groups is 1. The summed E-state index contributed by atoms with van der Waals surface area (Å²) in [6, 6.07) is 12.4. The van der Waals surface area contributed by atoms with Gasteiger partial charge < -0.3 is 10.6 Å². The van der Waals surface area contributed by atoms with Crippen molar-refractivity contribution in [3.05, 3.63) is 70.0 Å². The van der Waals surface area contributed by atoms with E-state index < -0.39 is 10.7 Å². The number of amides is 1. The van der Waals surface area contributed by atoms with Crippen LogP contribution in [0.4, 0.5) is 15.8 Å². The highest BCUT2D eigenvalue weighted by Gasteiger charge is 2.11. The van der Waals surface area contributed by atoms with E-state index in [2.05, 4.69) is 10.6 Å². The first kappa shape index (κ1) is 16.4. The van der Waals surface area contributed by atoms with Crippen molar-refractivity contribution < 1.29 is 14.1 Å². The van der Waals surface area contributed by atoms with Crippen molar-refractivity contribution in [3.8, 4) is 0 Å². The van der Waals surface area contributed by atoms with Crippen molar-refractivity contribution in [1.29, 1.82) is 0 Å². The number of carbonyl (C=O) groups excluding carboxylic acids is 1. The molecule has 0 spiro atoms. The summed E-state index contributed by atoms with van der Waals surface area (Å²) in [6.07, 6.45) is -0.0435. The van der Waals surface area contributed by atoms with Gasteiger partial charge in [-0.1, -0.05) is 30.3 Å². The number of benzene rings is 2. The zero-order valence-electron chi connectivity index (χ0n) is 12.3. The molecule has 0 unspecified atom stereocenters. The number of rotatable bonds is 7. The van der Waals surface area contributed by atoms with Crippen molar-refractivity contribution in [1.82, 2.24) is 5.32 Å². The molecule has 0 saturated heterocycles. The zero-order valence-corrected chi connectivity index (χ0v) is 12.3. The molecule has 0 aromatic heterocycles. The maximum absolute atomic E-state index is 13.4. The van der Waals surface area contributed by atoms with E-state index in [0.29, 0.717) is 17.8 Å². The number of nitrogens with one attached hydrogen (secondary N) is 2. The quantitative estimate of drug-likeness (QED) is 0.467. The Morgan fingerprint density at radius 1 is 1.09 bits per heavy atom. The monoisotopic (exact) mass is 317 g/mol. The third-order valence-electron chi connectivity index (χ3n) is 3.17. The maximum Gasteiger partial charge on any atom is 0.292 e. The molecular weight excluding hydrogens is 301 g/mol. The van der Waals surface area contributed by atoms with Gasteiger partial charge in [-0.05, 0) is 17.7 Å². The van der Waals surface area contributed by atoms with Crippen LogP contribution in [0.3, 0.4) is 0 Å². The van der Waals surface area contributed by atoms with Crippen molar-refractivity contribution >= 4 is 17.3 Å². The average molecular weight is 317 g/mol. The van der Waals surface area contributed by atoms with Crippen LogP contribution in [-0.2, 0) is 11.2 Å². The molecule has 0 fully saturated rings. The summed E-state index contributed by atoms with van der Waals surface area (Å²) >= 11 is 0. The molecule has 0 bridgehead atoms. The lowest BCUT2D eigenvalue weighted by Gasteiger charge is -2.08. The molecule has 2 aromatic rings. The van der Waals surface area contributed by atoms with E-state index in [1.807, 2.05) is 0 Å². The van der Waals surface area contributed by atoms with E-state index in [4.69, 9.17) is 0 Å². The topological polar surface area (TPSA) is 84.3 Å². The molecule has 0 aliphatic heterocycles. The number of nitro benzene ring substituents is 1. The fourth-order valence-corrected chi connectivity index (χ4v) is 2.06. The van der Waals surface area contributed by atoms with E-state index in [-0.39, 0.29) is 24.6 Å². The summed E-state index contributed by atoms with van der Waals surface area (Å²) in [5, 5.41) is 16.4. The van der Waals surface area contributed by atoms with Crippen molar-refractivity contribution in [2.75, 3.05) is 18.4 Å². The van der Waals surface area contributed by atoms with Gasteiger partial charge in [-0.2, -0.15) is 0 Å². The maximum atomic E-state index is 13.4. The molecule has 0 atom stereocenters. The number of hydrogen-bond acceptors (Lipinski definition) is 4. The van der Waals surface area contributed by atoms with Crippen LogP contribution in [0, 0.1) is 15.9 Å². The van der Waals surface area contributed by atoms with Crippen LogP contribution in [0.15, 0.2) is 48.5 Å². The van der Waals surface area contributed by atoms with Crippen LogP contribution < -0.4 is 10.6 Å². The standard InChI is InChI=1S/C16H16FN3O3/c17-13-6-2-1-5-12(13)11-16(21)19-10-9-18-14-7-3-4-8-15(14)20(22)23/h1-8,18H,9-11H2,(H,19,21). The van der Waals surface area contributed by atoms with Gasteiger partial charge in [0.1, 0.15) is 11.5 Å². The number of hydrogen-bond donors (Lipinski definition) is 2. The molecule has 6 nitrogen and oxygen atoms in total. The van der Waals surface area contributed by atoms with Gasteiger partial charge in [0.2, 0.25) is 5.91 Å². The lowest BCUT2D eigenvalue weighted by atomic mass is 10.1. The van der Waals surface area contributed by atoms with Crippen molar-refractivity contribution in [3.63, 3.8) is 0 Å². The second kappa shape index (κ2) is 7.88. The summed E-state index contributed by atoms with van der Waals surface area (Å²) in [6.45, 7) is 0.604. The van der Waals surface area contributed by atoms with Crippen molar-refractivity contribution in [2.24, 2.45) is 0 Å². The second-order valence-corrected chi connectivity index (χ2v) is 4.82. The van der Waals surface area contributed by atoms with E-state index in [9.17, 15) is 19.3 Å². The Bertz CT molecular complexity index is 706. The number of anilines is 1. The van der Waals surface area contributed by atoms with Gasteiger partial charge in [-0.25, -0.2) is 4.39 Å². The van der Waals surface area contributed by atoms with Gasteiger partial charge in [0, 0.05) is 19.2 Å². The largest absolute Gasteiger partial charge is 0.378 e. The zero-order chi connectivity index (χ0) is 16.7. The Morgan fingerprint density at radius 2 is 1.78 bits per heavy atom. The molecule has 0 radical (unpaired) electrons. The Balaban J connectivity index is 1.79. The van der Waals surface area contributed by atoms with E-state index in [0.717, 1.165) is 0 Å². The summed E-state index contributed by atoms with van der Waals surface area (Å²) < 4.78 is 13.4. The minimum absolute atomic E-state index is 0.0230. The molecular formula is C16H16FN3O3. The lowest BCUT2D eigenvalue weighted by Crippen LogP contribution is -2.30. The Labute approximate surface area is 132 Å². The first-order valence-corrected chi connectivity index (χ1v) is 7.05. The smallest absolute Gasteiger partial charge is 0.292 e. The van der Waals surface area contributed by atoms with Crippen LogP contribution >= 0.6 is 0 Å². The van der Waals surface area contributed by atoms with Gasteiger partial charge in [0.05, 0.1) is 11.3 Å². The van der Waals surface area contributed by atoms with Crippen LogP contribution in [0.1, 0.15) is 5.56 Å². The number of para-hydroxylation sites is 2. The molecule has 1 amide bonds. The third kappa shape index (κ3) is 4.77. The Hall–Kier alpha value is -2.96. The van der Waals surface area contributed by atoms with Crippen molar-refractivity contribution in [2.45, 2.75) is 6.42 Å². The Kier molecular flexibility index (Phi) is 5.62. The van der Waals surface area contributed by atoms with Crippen LogP contribution in [0.2, 0.25) is 0 Å². The highest BCUT2D eigenvalue weighted by molar-refractivity contribution is 5.78. The molecule has 120 valence electrons. The van der Waals surface area contributed by atoms with Gasteiger partial charge in [-0.15, -0.1) is 0 Å². The molecule has 23 heavy (non-hydrogen) atoms. The molecule has 0 aliphatic rings. The van der Waals surface area contributed by atoms with E-state index >= 15 is 0 Å². The lowest BCUT2D eigenvalue weighted by molar-refractivity contribution is -0.384. The molecule has 0 saturated carbocycles. The molecule has 2 aromatic carbocycles. The molecule has 0 heterocycles. The molecule has 2 rings (SSSR count). The Morgan fingerprint density at radius 3 is 2.52 bits per heavy atom. The van der Waals surface area contributed by atoms with Crippen LogP contribution in [0.5, 0.6) is 0 Å². The first-order valence-electron chi connectivity index (χ1n) is 7.05. The molecule has 7 heteroatoms. The summed E-state index contributed by atoms with van der Waals surface area (Å²) in [5.41, 5.74) is 0.697. The van der Waals surface area contributed by atoms with Gasteiger partial charge in [0.15, 0.2) is 0 Å². The highest BCUT2D eigenvalue weighted by Crippen LogP contribution is 2.22. The second-order valence-electron chi connectivity index (χ2n) is 4.82. The number of nitrogens with zero attached hydrogens (tertiary/aromatic N) is 1. The van der Waals surface area contributed by atoms with E-state index in [1.165, 1.54) is 12.1 Å². The third-order valence-corrected chi connectivity index (χ3v) is 3.17. The number of halogens is 1. The minimum Gasteiger partial charge on any atom is -0.378 e. The van der Waals surface area contributed by atoms with Crippen LogP contribution in [-0.4, -0.2) is 23.9 Å². The van der Waals surface area contributed by atoms with Gasteiger partial charge in [-0.3, -0.25) is 14.9 Å². The van der Waals surface area contributed by atoms with Gasteiger partial charge in [0.25, 0.3) is 5.69 Å².